The van der Waals surface area contributed by atoms with Crippen LogP contribution in [0.1, 0.15) is 5.56 Å². The maximum atomic E-state index is 8.91. The van der Waals surface area contributed by atoms with Gasteiger partial charge in [0, 0.05) is 17.4 Å². The lowest BCUT2D eigenvalue weighted by Gasteiger charge is -2.10. The highest BCUT2D eigenvalue weighted by Gasteiger charge is 2.06. The number of para-hydroxylation sites is 1. The van der Waals surface area contributed by atoms with Crippen LogP contribution in [-0.4, -0.2) is 21.5 Å². The van der Waals surface area contributed by atoms with E-state index in [9.17, 15) is 0 Å². The van der Waals surface area contributed by atoms with Crippen molar-refractivity contribution in [3.8, 4) is 17.5 Å². The van der Waals surface area contributed by atoms with Crippen molar-refractivity contribution in [2.24, 2.45) is 10.8 Å². The zero-order valence-electron chi connectivity index (χ0n) is 15.1. The smallest absolute Gasteiger partial charge is 0.201 e. The van der Waals surface area contributed by atoms with E-state index in [0.717, 1.165) is 16.8 Å². The molecule has 0 unspecified atom stereocenters. The minimum absolute atomic E-state index is 0.189. The van der Waals surface area contributed by atoms with Crippen molar-refractivity contribution in [2.45, 2.75) is 6.92 Å². The minimum Gasteiger partial charge on any atom is -0.382 e. The van der Waals surface area contributed by atoms with E-state index < -0.39 is 5.84 Å². The molecule has 0 fully saturated rings. The number of hydrogen-bond acceptors (Lipinski definition) is 7. The highest BCUT2D eigenvalue weighted by molar-refractivity contribution is 6.45. The van der Waals surface area contributed by atoms with Crippen molar-refractivity contribution in [2.75, 3.05) is 10.7 Å². The van der Waals surface area contributed by atoms with Gasteiger partial charge in [0.15, 0.2) is 11.7 Å². The first-order chi connectivity index (χ1) is 13.6. The predicted molar refractivity (Wildman–Crippen MR) is 111 cm³/mol. The van der Waals surface area contributed by atoms with Gasteiger partial charge in [0.05, 0.1) is 5.69 Å². The molecule has 138 valence electrons. The number of benzene rings is 2. The molecule has 0 spiro atoms. The van der Waals surface area contributed by atoms with Gasteiger partial charge in [-0.1, -0.05) is 30.3 Å². The molecule has 0 saturated heterocycles. The van der Waals surface area contributed by atoms with Crippen LogP contribution in [0.25, 0.3) is 11.4 Å². The van der Waals surface area contributed by atoms with Gasteiger partial charge >= 0.3 is 0 Å². The van der Waals surface area contributed by atoms with Crippen LogP contribution in [0.2, 0.25) is 0 Å². The highest BCUT2D eigenvalue weighted by Crippen LogP contribution is 2.23. The van der Waals surface area contributed by atoms with Gasteiger partial charge in [0.25, 0.3) is 0 Å². The Bertz CT molecular complexity index is 1080. The van der Waals surface area contributed by atoms with Crippen LogP contribution >= 0.6 is 0 Å². The zero-order valence-corrected chi connectivity index (χ0v) is 15.1. The summed E-state index contributed by atoms with van der Waals surface area (Å²) in [6.45, 7) is 2.02. The van der Waals surface area contributed by atoms with Crippen molar-refractivity contribution >= 4 is 28.7 Å². The molecule has 8 heteroatoms. The van der Waals surface area contributed by atoms with E-state index in [4.69, 9.17) is 16.4 Å². The minimum atomic E-state index is -0.399. The molecular weight excluding hydrogens is 352 g/mol. The number of aryl methyl sites for hydroxylation is 1. The van der Waals surface area contributed by atoms with Crippen LogP contribution < -0.4 is 16.5 Å². The van der Waals surface area contributed by atoms with Gasteiger partial charge < -0.3 is 11.1 Å². The van der Waals surface area contributed by atoms with Crippen LogP contribution in [-0.2, 0) is 0 Å². The molecule has 5 N–H and O–H groups in total. The molecule has 1 aromatic heterocycles. The number of hydrazone groups is 1. The Labute approximate surface area is 162 Å². The molecule has 0 bridgehead atoms. The van der Waals surface area contributed by atoms with Gasteiger partial charge in [-0.15, -0.1) is 0 Å². The van der Waals surface area contributed by atoms with Crippen molar-refractivity contribution in [3.63, 3.8) is 0 Å². The zero-order chi connectivity index (χ0) is 19.9. The lowest BCUT2D eigenvalue weighted by molar-refractivity contribution is 1.17. The average molecular weight is 370 g/mol. The van der Waals surface area contributed by atoms with Gasteiger partial charge in [-0.05, 0) is 36.8 Å². The van der Waals surface area contributed by atoms with Crippen LogP contribution in [0.5, 0.6) is 0 Å². The third-order valence-electron chi connectivity index (χ3n) is 3.84. The van der Waals surface area contributed by atoms with Crippen LogP contribution in [0, 0.1) is 23.7 Å². The monoisotopic (exact) mass is 370 g/mol. The summed E-state index contributed by atoms with van der Waals surface area (Å²) in [7, 11) is 0. The molecule has 0 amide bonds. The SMILES string of the molecule is Cc1ccccc1Nc1ccnc(-c2cccc(N/N=C(\C#N)C(=N)N)c2)n1. The number of nitrogens with one attached hydrogen (secondary N) is 3. The number of nitrogens with two attached hydrogens (primary N) is 1. The molecule has 0 aliphatic carbocycles. The largest absolute Gasteiger partial charge is 0.382 e. The Kier molecular flexibility index (Phi) is 5.58. The summed E-state index contributed by atoms with van der Waals surface area (Å²) in [6.07, 6.45) is 1.69. The molecule has 2 aromatic carbocycles. The molecule has 8 nitrogen and oxygen atoms in total. The van der Waals surface area contributed by atoms with Gasteiger partial charge in [-0.25, -0.2) is 9.97 Å². The number of hydrogen-bond donors (Lipinski definition) is 4. The number of rotatable bonds is 6. The van der Waals surface area contributed by atoms with Crippen molar-refractivity contribution in [1.82, 2.24) is 9.97 Å². The molecule has 3 aromatic rings. The van der Waals surface area contributed by atoms with E-state index in [1.54, 1.807) is 30.5 Å². The maximum absolute atomic E-state index is 8.91. The molecule has 3 rings (SSSR count). The molecule has 0 atom stereocenters. The van der Waals surface area contributed by atoms with Gasteiger partial charge in [0.1, 0.15) is 11.9 Å². The number of nitriles is 1. The fraction of sp³-hybridized carbons (Fsp3) is 0.0500. The van der Waals surface area contributed by atoms with E-state index in [-0.39, 0.29) is 5.71 Å². The third-order valence-corrected chi connectivity index (χ3v) is 3.84. The molecule has 28 heavy (non-hydrogen) atoms. The predicted octanol–water partition coefficient (Wildman–Crippen LogP) is 3.42. The highest BCUT2D eigenvalue weighted by atomic mass is 15.3. The molecule has 0 aliphatic heterocycles. The first-order valence-corrected chi connectivity index (χ1v) is 8.41. The molecule has 0 radical (unpaired) electrons. The number of anilines is 3. The topological polar surface area (TPSA) is 136 Å². The lowest BCUT2D eigenvalue weighted by Crippen LogP contribution is -2.21. The number of aromatic nitrogens is 2. The Morgan fingerprint density at radius 3 is 2.75 bits per heavy atom. The second kappa shape index (κ2) is 8.42. The molecule has 1 heterocycles. The molecule has 0 aliphatic rings. The Hall–Kier alpha value is -4.25. The van der Waals surface area contributed by atoms with Crippen LogP contribution in [0.3, 0.4) is 0 Å². The standard InChI is InChI=1S/C20H18N8/c1-13-5-2-3-8-16(13)25-18-9-10-24-20(26-18)14-6-4-7-15(11-14)27-28-17(12-21)19(22)23/h2-11,27H,1H3,(H3,22,23)(H,24,25,26)/b28-17+. The van der Waals surface area contributed by atoms with Crippen molar-refractivity contribution in [3.05, 3.63) is 66.4 Å². The van der Waals surface area contributed by atoms with Gasteiger partial charge in [0.2, 0.25) is 5.71 Å². The Morgan fingerprint density at radius 1 is 1.18 bits per heavy atom. The maximum Gasteiger partial charge on any atom is 0.201 e. The number of nitrogens with zero attached hydrogens (tertiary/aromatic N) is 4. The van der Waals surface area contributed by atoms with Gasteiger partial charge in [-0.2, -0.15) is 10.4 Å². The second-order valence-corrected chi connectivity index (χ2v) is 5.88. The third kappa shape index (κ3) is 4.47. The Morgan fingerprint density at radius 2 is 2.00 bits per heavy atom. The molecular formula is C20H18N8. The lowest BCUT2D eigenvalue weighted by atomic mass is 10.2. The summed E-state index contributed by atoms with van der Waals surface area (Å²) in [4.78, 5) is 8.90. The van der Waals surface area contributed by atoms with Crippen LogP contribution in [0.4, 0.5) is 17.2 Å². The summed E-state index contributed by atoms with van der Waals surface area (Å²) in [5.74, 6) is 0.821. The number of amidine groups is 1. The van der Waals surface area contributed by atoms with Crippen LogP contribution in [0.15, 0.2) is 65.9 Å². The Balaban J connectivity index is 1.84. The summed E-state index contributed by atoms with van der Waals surface area (Å²) < 4.78 is 0. The second-order valence-electron chi connectivity index (χ2n) is 5.88. The molecule has 0 saturated carbocycles. The summed E-state index contributed by atoms with van der Waals surface area (Å²) >= 11 is 0. The summed E-state index contributed by atoms with van der Waals surface area (Å²) in [6, 6.07) is 18.8. The van der Waals surface area contributed by atoms with E-state index in [0.29, 0.717) is 17.3 Å². The van der Waals surface area contributed by atoms with E-state index in [2.05, 4.69) is 25.8 Å². The summed E-state index contributed by atoms with van der Waals surface area (Å²) in [5.41, 5.74) is 11.3. The van der Waals surface area contributed by atoms with E-state index >= 15 is 0 Å². The first kappa shape index (κ1) is 18.5. The fourth-order valence-corrected chi connectivity index (χ4v) is 2.41. The fourth-order valence-electron chi connectivity index (χ4n) is 2.41. The average Bonchev–Trinajstić information content (AvgIpc) is 2.70. The normalized spacial score (nSPS) is 10.8. The van der Waals surface area contributed by atoms with Crippen molar-refractivity contribution < 1.29 is 0 Å². The quantitative estimate of drug-likeness (QED) is 0.298. The first-order valence-electron chi connectivity index (χ1n) is 8.41. The van der Waals surface area contributed by atoms with Crippen molar-refractivity contribution in [1.29, 1.82) is 10.7 Å². The van der Waals surface area contributed by atoms with E-state index in [1.807, 2.05) is 43.3 Å². The van der Waals surface area contributed by atoms with E-state index in [1.165, 1.54) is 0 Å². The van der Waals surface area contributed by atoms with Gasteiger partial charge in [-0.3, -0.25) is 10.8 Å². The summed E-state index contributed by atoms with van der Waals surface area (Å²) in [5, 5.41) is 23.3.